The van der Waals surface area contributed by atoms with Crippen LogP contribution in [-0.4, -0.2) is 20.3 Å². The molecule has 0 aliphatic rings. The summed E-state index contributed by atoms with van der Waals surface area (Å²) >= 11 is 2.96. The van der Waals surface area contributed by atoms with E-state index < -0.39 is 6.10 Å². The van der Waals surface area contributed by atoms with Crippen molar-refractivity contribution in [1.82, 2.24) is 15.2 Å². The molecule has 0 spiro atoms. The number of hydrogen-bond donors (Lipinski definition) is 1. The Labute approximate surface area is 102 Å². The van der Waals surface area contributed by atoms with Crippen molar-refractivity contribution in [2.75, 3.05) is 0 Å². The first-order valence-electron chi connectivity index (χ1n) is 4.78. The summed E-state index contributed by atoms with van der Waals surface area (Å²) in [6, 6.07) is 3.69. The Balaban J connectivity index is 2.27. The lowest BCUT2D eigenvalue weighted by molar-refractivity contribution is 0.195. The fourth-order valence-corrected chi connectivity index (χ4v) is 3.11. The maximum atomic E-state index is 9.60. The van der Waals surface area contributed by atoms with Crippen molar-refractivity contribution in [3.8, 4) is 0 Å². The highest BCUT2D eigenvalue weighted by Gasteiger charge is 2.12. The van der Waals surface area contributed by atoms with Gasteiger partial charge in [0, 0.05) is 11.8 Å². The largest absolute Gasteiger partial charge is 0.389 e. The minimum Gasteiger partial charge on any atom is -0.389 e. The first-order chi connectivity index (χ1) is 7.66. The Morgan fingerprint density at radius 1 is 1.44 bits per heavy atom. The fourth-order valence-electron chi connectivity index (χ4n) is 1.21. The second-order valence-electron chi connectivity index (χ2n) is 3.26. The predicted octanol–water partition coefficient (Wildman–Crippen LogP) is 2.45. The summed E-state index contributed by atoms with van der Waals surface area (Å²) in [6.07, 6.45) is 1.19. The van der Waals surface area contributed by atoms with Crippen LogP contribution in [0, 0.1) is 6.92 Å². The van der Waals surface area contributed by atoms with E-state index in [1.54, 1.807) is 13.1 Å². The van der Waals surface area contributed by atoms with E-state index in [0.717, 1.165) is 19.9 Å². The van der Waals surface area contributed by atoms with Crippen LogP contribution in [0.1, 0.15) is 23.6 Å². The average molecular weight is 253 g/mol. The highest BCUT2D eigenvalue weighted by atomic mass is 32.2. The highest BCUT2D eigenvalue weighted by Crippen LogP contribution is 2.32. The lowest BCUT2D eigenvalue weighted by Gasteiger charge is -2.08. The van der Waals surface area contributed by atoms with Gasteiger partial charge in [0.1, 0.15) is 10.0 Å². The van der Waals surface area contributed by atoms with E-state index in [1.165, 1.54) is 23.1 Å². The number of aryl methyl sites for hydroxylation is 1. The van der Waals surface area contributed by atoms with E-state index in [4.69, 9.17) is 0 Å². The van der Waals surface area contributed by atoms with Crippen molar-refractivity contribution >= 4 is 23.1 Å². The molecule has 0 saturated carbocycles. The maximum Gasteiger partial charge on any atom is 0.180 e. The fraction of sp³-hybridized carbons (Fsp3) is 0.300. The number of aliphatic hydroxyl groups is 1. The molecule has 0 saturated heterocycles. The number of aromatic nitrogens is 3. The van der Waals surface area contributed by atoms with Gasteiger partial charge in [-0.25, -0.2) is 4.98 Å². The molecule has 2 rings (SSSR count). The molecule has 6 heteroatoms. The van der Waals surface area contributed by atoms with E-state index in [0.29, 0.717) is 0 Å². The van der Waals surface area contributed by atoms with Crippen molar-refractivity contribution in [1.29, 1.82) is 0 Å². The molecular weight excluding hydrogens is 242 g/mol. The molecule has 84 valence electrons. The van der Waals surface area contributed by atoms with E-state index in [-0.39, 0.29) is 0 Å². The van der Waals surface area contributed by atoms with Gasteiger partial charge in [-0.15, -0.1) is 10.2 Å². The predicted molar refractivity (Wildman–Crippen MR) is 63.6 cm³/mol. The van der Waals surface area contributed by atoms with Crippen molar-refractivity contribution in [3.63, 3.8) is 0 Å². The van der Waals surface area contributed by atoms with Crippen molar-refractivity contribution in [2.45, 2.75) is 29.3 Å². The first-order valence-corrected chi connectivity index (χ1v) is 6.41. The average Bonchev–Trinajstić information content (AvgIpc) is 2.64. The molecular formula is C10H11N3OS2. The summed E-state index contributed by atoms with van der Waals surface area (Å²) in [7, 11) is 0. The number of nitrogens with zero attached hydrogens (tertiary/aromatic N) is 3. The Hall–Kier alpha value is -0.980. The van der Waals surface area contributed by atoms with Gasteiger partial charge in [0.25, 0.3) is 0 Å². The molecule has 0 fully saturated rings. The van der Waals surface area contributed by atoms with Gasteiger partial charge in [-0.3, -0.25) is 0 Å². The molecule has 4 nitrogen and oxygen atoms in total. The second-order valence-corrected chi connectivity index (χ2v) is 5.68. The third-order valence-corrected chi connectivity index (χ3v) is 3.87. The summed E-state index contributed by atoms with van der Waals surface area (Å²) in [6.45, 7) is 3.64. The van der Waals surface area contributed by atoms with Crippen LogP contribution in [0.2, 0.25) is 0 Å². The molecule has 16 heavy (non-hydrogen) atoms. The minimum atomic E-state index is -0.523. The molecule has 0 aliphatic heterocycles. The van der Waals surface area contributed by atoms with Crippen LogP contribution in [-0.2, 0) is 0 Å². The molecule has 0 radical (unpaired) electrons. The molecule has 2 aromatic rings. The zero-order chi connectivity index (χ0) is 11.5. The van der Waals surface area contributed by atoms with E-state index in [2.05, 4.69) is 15.2 Å². The molecule has 0 amide bonds. The lowest BCUT2D eigenvalue weighted by atomic mass is 10.2. The molecule has 0 aliphatic carbocycles. The van der Waals surface area contributed by atoms with Gasteiger partial charge in [-0.1, -0.05) is 17.4 Å². The van der Waals surface area contributed by atoms with Gasteiger partial charge in [0.15, 0.2) is 4.34 Å². The van der Waals surface area contributed by atoms with Crippen molar-refractivity contribution < 1.29 is 5.11 Å². The van der Waals surface area contributed by atoms with Crippen LogP contribution in [0.3, 0.4) is 0 Å². The van der Waals surface area contributed by atoms with Crippen LogP contribution >= 0.6 is 23.1 Å². The normalized spacial score (nSPS) is 12.7. The topological polar surface area (TPSA) is 58.9 Å². The number of pyridine rings is 1. The summed E-state index contributed by atoms with van der Waals surface area (Å²) in [4.78, 5) is 4.25. The molecule has 1 unspecified atom stereocenters. The van der Waals surface area contributed by atoms with Crippen LogP contribution in [0.25, 0.3) is 0 Å². The van der Waals surface area contributed by atoms with E-state index in [9.17, 15) is 5.11 Å². The summed E-state index contributed by atoms with van der Waals surface area (Å²) in [5.74, 6) is 0. The molecule has 2 aromatic heterocycles. The Kier molecular flexibility index (Phi) is 3.52. The van der Waals surface area contributed by atoms with Crippen molar-refractivity contribution in [3.05, 3.63) is 28.9 Å². The Bertz CT molecular complexity index is 484. The molecule has 1 atom stereocenters. The second kappa shape index (κ2) is 4.90. The smallest absolute Gasteiger partial charge is 0.180 e. The maximum absolute atomic E-state index is 9.60. The zero-order valence-corrected chi connectivity index (χ0v) is 10.5. The highest BCUT2D eigenvalue weighted by molar-refractivity contribution is 8.01. The van der Waals surface area contributed by atoms with Crippen molar-refractivity contribution in [2.24, 2.45) is 0 Å². The van der Waals surface area contributed by atoms with Gasteiger partial charge >= 0.3 is 0 Å². The van der Waals surface area contributed by atoms with E-state index in [1.807, 2.05) is 19.1 Å². The Morgan fingerprint density at radius 3 is 2.88 bits per heavy atom. The number of aliphatic hydroxyl groups excluding tert-OH is 1. The van der Waals surface area contributed by atoms with Gasteiger partial charge in [-0.2, -0.15) is 0 Å². The molecule has 2 heterocycles. The quantitative estimate of drug-likeness (QED) is 0.910. The van der Waals surface area contributed by atoms with Gasteiger partial charge in [-0.05, 0) is 31.7 Å². The van der Waals surface area contributed by atoms with Gasteiger partial charge in [0.05, 0.1) is 6.10 Å². The standard InChI is InChI=1S/C10H11N3OS2/c1-6(14)8-4-3-5-11-9(8)16-10-13-12-7(2)15-10/h3-6,14H,1-2H3. The zero-order valence-electron chi connectivity index (χ0n) is 8.91. The van der Waals surface area contributed by atoms with Crippen LogP contribution < -0.4 is 0 Å². The van der Waals surface area contributed by atoms with Crippen LogP contribution in [0.5, 0.6) is 0 Å². The lowest BCUT2D eigenvalue weighted by Crippen LogP contribution is -1.95. The van der Waals surface area contributed by atoms with Crippen LogP contribution in [0.15, 0.2) is 27.7 Å². The van der Waals surface area contributed by atoms with Gasteiger partial charge in [0.2, 0.25) is 0 Å². The summed E-state index contributed by atoms with van der Waals surface area (Å²) in [5.41, 5.74) is 0.820. The first kappa shape index (κ1) is 11.5. The minimum absolute atomic E-state index is 0.523. The molecule has 0 aromatic carbocycles. The third-order valence-electron chi connectivity index (χ3n) is 1.94. The van der Waals surface area contributed by atoms with E-state index >= 15 is 0 Å². The molecule has 1 N–H and O–H groups in total. The Morgan fingerprint density at radius 2 is 2.25 bits per heavy atom. The summed E-state index contributed by atoms with van der Waals surface area (Å²) in [5, 5.41) is 19.3. The molecule has 0 bridgehead atoms. The van der Waals surface area contributed by atoms with Gasteiger partial charge < -0.3 is 5.11 Å². The third kappa shape index (κ3) is 2.58. The summed E-state index contributed by atoms with van der Waals surface area (Å²) < 4.78 is 0.845. The SMILES string of the molecule is Cc1nnc(Sc2ncccc2C(C)O)s1. The number of rotatable bonds is 3. The monoisotopic (exact) mass is 253 g/mol. The van der Waals surface area contributed by atoms with Crippen LogP contribution in [0.4, 0.5) is 0 Å². The number of hydrogen-bond acceptors (Lipinski definition) is 6.